The second kappa shape index (κ2) is 17.7. The molecule has 20 heavy (non-hydrogen) atoms. The van der Waals surface area contributed by atoms with Gasteiger partial charge in [0.25, 0.3) is 5.91 Å². The highest BCUT2D eigenvalue weighted by atomic mass is 16.2. The Balaban J connectivity index is -0.000000656. The lowest BCUT2D eigenvalue weighted by Crippen LogP contribution is -2.35. The van der Waals surface area contributed by atoms with E-state index in [1.54, 1.807) is 4.90 Å². The van der Waals surface area contributed by atoms with E-state index in [1.807, 2.05) is 40.7 Å². The number of amides is 1. The summed E-state index contributed by atoms with van der Waals surface area (Å²) >= 11 is 0. The third kappa shape index (κ3) is 10.6. The van der Waals surface area contributed by atoms with Crippen LogP contribution in [-0.2, 0) is 4.79 Å². The van der Waals surface area contributed by atoms with E-state index in [0.29, 0.717) is 12.5 Å². The molecule has 0 radical (unpaired) electrons. The van der Waals surface area contributed by atoms with Crippen molar-refractivity contribution < 1.29 is 4.79 Å². The summed E-state index contributed by atoms with van der Waals surface area (Å²) in [4.78, 5) is 13.5. The smallest absolute Gasteiger partial charge is 0.263 e. The van der Waals surface area contributed by atoms with E-state index in [1.165, 1.54) is 0 Å². The SMILES string of the molecule is C=C(C#N)C(=O)N(CC)CC(CC)CCC.CC.CC. The second-order valence-electron chi connectivity index (χ2n) is 4.00. The van der Waals surface area contributed by atoms with Crippen molar-refractivity contribution in [3.8, 4) is 6.07 Å². The molecule has 0 aliphatic heterocycles. The lowest BCUT2D eigenvalue weighted by Gasteiger charge is -2.25. The molecule has 3 nitrogen and oxygen atoms in total. The normalized spacial score (nSPS) is 9.90. The van der Waals surface area contributed by atoms with Gasteiger partial charge in [0, 0.05) is 13.1 Å². The van der Waals surface area contributed by atoms with Gasteiger partial charge in [0.15, 0.2) is 0 Å². The quantitative estimate of drug-likeness (QED) is 0.497. The molecule has 0 rings (SSSR count). The fourth-order valence-corrected chi connectivity index (χ4v) is 1.74. The zero-order valence-electron chi connectivity index (χ0n) is 14.6. The van der Waals surface area contributed by atoms with Gasteiger partial charge in [-0.15, -0.1) is 0 Å². The van der Waals surface area contributed by atoms with E-state index in [9.17, 15) is 4.79 Å². The maximum atomic E-state index is 11.8. The van der Waals surface area contributed by atoms with Crippen LogP contribution < -0.4 is 0 Å². The van der Waals surface area contributed by atoms with Gasteiger partial charge in [-0.1, -0.05) is 61.0 Å². The molecule has 1 unspecified atom stereocenters. The summed E-state index contributed by atoms with van der Waals surface area (Å²) in [5.74, 6) is 0.306. The van der Waals surface area contributed by atoms with Crippen LogP contribution in [0.1, 0.15) is 67.7 Å². The molecule has 0 saturated carbocycles. The monoisotopic (exact) mass is 282 g/mol. The molecular formula is C17H34N2O. The Kier molecular flexibility index (Phi) is 21.0. The highest BCUT2D eigenvalue weighted by molar-refractivity contribution is 5.96. The minimum absolute atomic E-state index is 0.0354. The van der Waals surface area contributed by atoms with Crippen LogP contribution in [0.25, 0.3) is 0 Å². The number of nitriles is 1. The number of carbonyl (C=O) groups is 1. The standard InChI is InChI=1S/C13H22N2O.2C2H6/c1-5-8-12(6-2)10-15(7-3)13(16)11(4)9-14;2*1-2/h12H,4-8,10H2,1-3H3;2*1-2H3. The fraction of sp³-hybridized carbons (Fsp3) is 0.765. The number of nitrogens with zero attached hydrogens (tertiary/aromatic N) is 2. The van der Waals surface area contributed by atoms with Crippen molar-refractivity contribution in [3.05, 3.63) is 12.2 Å². The van der Waals surface area contributed by atoms with Gasteiger partial charge in [0.2, 0.25) is 0 Å². The lowest BCUT2D eigenvalue weighted by atomic mass is 10.00. The first-order valence-electron chi connectivity index (χ1n) is 7.98. The van der Waals surface area contributed by atoms with E-state index in [0.717, 1.165) is 25.8 Å². The predicted molar refractivity (Wildman–Crippen MR) is 88.4 cm³/mol. The molecule has 0 aliphatic carbocycles. The Morgan fingerprint density at radius 1 is 1.20 bits per heavy atom. The minimum Gasteiger partial charge on any atom is -0.338 e. The van der Waals surface area contributed by atoms with Crippen LogP contribution in [-0.4, -0.2) is 23.9 Å². The van der Waals surface area contributed by atoms with E-state index in [-0.39, 0.29) is 11.5 Å². The first-order valence-corrected chi connectivity index (χ1v) is 7.98. The van der Waals surface area contributed by atoms with E-state index in [4.69, 9.17) is 5.26 Å². The van der Waals surface area contributed by atoms with Crippen LogP contribution in [0.5, 0.6) is 0 Å². The van der Waals surface area contributed by atoms with Gasteiger partial charge in [-0.25, -0.2) is 0 Å². The molecule has 0 aromatic rings. The van der Waals surface area contributed by atoms with Crippen LogP contribution in [0.3, 0.4) is 0 Å². The number of hydrogen-bond acceptors (Lipinski definition) is 2. The number of rotatable bonds is 7. The third-order valence-corrected chi connectivity index (χ3v) is 2.81. The predicted octanol–water partition coefficient (Wildman–Crippen LogP) is 4.79. The topological polar surface area (TPSA) is 44.1 Å². The summed E-state index contributed by atoms with van der Waals surface area (Å²) in [6.45, 7) is 19.1. The molecule has 0 saturated heterocycles. The van der Waals surface area contributed by atoms with Gasteiger partial charge < -0.3 is 4.90 Å². The summed E-state index contributed by atoms with van der Waals surface area (Å²) in [6.07, 6.45) is 3.32. The van der Waals surface area contributed by atoms with E-state index in [2.05, 4.69) is 20.4 Å². The minimum atomic E-state index is -0.223. The molecule has 0 spiro atoms. The van der Waals surface area contributed by atoms with Crippen molar-refractivity contribution in [1.82, 2.24) is 4.90 Å². The third-order valence-electron chi connectivity index (χ3n) is 2.81. The Morgan fingerprint density at radius 3 is 2.00 bits per heavy atom. The van der Waals surface area contributed by atoms with E-state index < -0.39 is 0 Å². The van der Waals surface area contributed by atoms with Crippen molar-refractivity contribution >= 4 is 5.91 Å². The average Bonchev–Trinajstić information content (AvgIpc) is 2.53. The maximum Gasteiger partial charge on any atom is 0.263 e. The molecular weight excluding hydrogens is 248 g/mol. The average molecular weight is 282 g/mol. The molecule has 118 valence electrons. The highest BCUT2D eigenvalue weighted by Gasteiger charge is 2.18. The zero-order valence-corrected chi connectivity index (χ0v) is 14.6. The Labute approximate surface area is 126 Å². The van der Waals surface area contributed by atoms with Gasteiger partial charge in [0.1, 0.15) is 11.6 Å². The van der Waals surface area contributed by atoms with Gasteiger partial charge in [0.05, 0.1) is 0 Å². The molecule has 0 fully saturated rings. The zero-order chi connectivity index (χ0) is 16.6. The Bertz CT molecular complexity index is 279. The molecule has 0 aromatic carbocycles. The molecule has 1 amide bonds. The van der Waals surface area contributed by atoms with Crippen molar-refractivity contribution in [2.24, 2.45) is 5.92 Å². The second-order valence-corrected chi connectivity index (χ2v) is 4.00. The molecule has 0 aromatic heterocycles. The van der Waals surface area contributed by atoms with Crippen LogP contribution in [0.4, 0.5) is 0 Å². The van der Waals surface area contributed by atoms with Crippen molar-refractivity contribution in [1.29, 1.82) is 5.26 Å². The van der Waals surface area contributed by atoms with Crippen LogP contribution >= 0.6 is 0 Å². The molecule has 0 heterocycles. The number of hydrogen-bond donors (Lipinski definition) is 0. The van der Waals surface area contributed by atoms with Gasteiger partial charge >= 0.3 is 0 Å². The van der Waals surface area contributed by atoms with Crippen molar-refractivity contribution in [3.63, 3.8) is 0 Å². The summed E-state index contributed by atoms with van der Waals surface area (Å²) in [6, 6.07) is 1.82. The van der Waals surface area contributed by atoms with Crippen LogP contribution in [0.15, 0.2) is 12.2 Å². The molecule has 0 bridgehead atoms. The Hall–Kier alpha value is -1.30. The molecule has 0 N–H and O–H groups in total. The summed E-state index contributed by atoms with van der Waals surface area (Å²) in [5.41, 5.74) is 0.0354. The first-order chi connectivity index (χ1) is 9.60. The Morgan fingerprint density at radius 2 is 1.70 bits per heavy atom. The van der Waals surface area contributed by atoms with Gasteiger partial charge in [-0.3, -0.25) is 4.79 Å². The van der Waals surface area contributed by atoms with Gasteiger partial charge in [-0.2, -0.15) is 5.26 Å². The molecule has 3 heteroatoms. The maximum absolute atomic E-state index is 11.8. The summed E-state index contributed by atoms with van der Waals surface area (Å²) in [5, 5.41) is 8.65. The van der Waals surface area contributed by atoms with Gasteiger partial charge in [-0.05, 0) is 19.3 Å². The summed E-state index contributed by atoms with van der Waals surface area (Å²) < 4.78 is 0. The number of carbonyl (C=O) groups excluding carboxylic acids is 1. The van der Waals surface area contributed by atoms with Crippen LogP contribution in [0, 0.1) is 17.2 Å². The van der Waals surface area contributed by atoms with Crippen molar-refractivity contribution in [2.45, 2.75) is 67.7 Å². The van der Waals surface area contributed by atoms with Crippen molar-refractivity contribution in [2.75, 3.05) is 13.1 Å². The fourth-order valence-electron chi connectivity index (χ4n) is 1.74. The molecule has 1 atom stereocenters. The lowest BCUT2D eigenvalue weighted by molar-refractivity contribution is -0.127. The highest BCUT2D eigenvalue weighted by Crippen LogP contribution is 2.13. The van der Waals surface area contributed by atoms with Crippen LogP contribution in [0.2, 0.25) is 0 Å². The molecule has 0 aliphatic rings. The summed E-state index contributed by atoms with van der Waals surface area (Å²) in [7, 11) is 0. The largest absolute Gasteiger partial charge is 0.338 e. The van der Waals surface area contributed by atoms with E-state index >= 15 is 0 Å². The first kappa shape index (κ1) is 23.8. The number of likely N-dealkylation sites (N-methyl/N-ethyl adjacent to an activating group) is 1.